The lowest BCUT2D eigenvalue weighted by atomic mass is 10.0. The Labute approximate surface area is 153 Å². The second-order valence-electron chi connectivity index (χ2n) is 5.64. The van der Waals surface area contributed by atoms with Crippen LogP contribution in [-0.4, -0.2) is 48.3 Å². The van der Waals surface area contributed by atoms with Crippen molar-refractivity contribution in [2.75, 3.05) is 13.2 Å². The van der Waals surface area contributed by atoms with Gasteiger partial charge in [-0.25, -0.2) is 0 Å². The van der Waals surface area contributed by atoms with Crippen LogP contribution in [0.4, 0.5) is 0 Å². The highest BCUT2D eigenvalue weighted by Gasteiger charge is 2.23. The second-order valence-corrected chi connectivity index (χ2v) is 5.64. The van der Waals surface area contributed by atoms with Crippen LogP contribution >= 0.6 is 0 Å². The molecule has 0 heterocycles. The largest absolute Gasteiger partial charge is 0.465 e. The van der Waals surface area contributed by atoms with E-state index in [1.807, 2.05) is 0 Å². The Morgan fingerprint density at radius 2 is 0.923 bits per heavy atom. The molecule has 0 saturated heterocycles. The van der Waals surface area contributed by atoms with Gasteiger partial charge in [0, 0.05) is 0 Å². The van der Waals surface area contributed by atoms with Gasteiger partial charge in [0.2, 0.25) is 0 Å². The topological polar surface area (TPSA) is 121 Å². The molecule has 0 rings (SSSR count). The monoisotopic (exact) mass is 372 g/mol. The number of ketones is 4. The number of carbonyl (C=O) groups is 6. The van der Waals surface area contributed by atoms with Gasteiger partial charge in [-0.1, -0.05) is 0 Å². The van der Waals surface area contributed by atoms with Crippen LogP contribution in [0.25, 0.3) is 0 Å². The summed E-state index contributed by atoms with van der Waals surface area (Å²) >= 11 is 0. The highest BCUT2D eigenvalue weighted by molar-refractivity contribution is 6.07. The smallest absolute Gasteiger partial charge is 0.316 e. The van der Waals surface area contributed by atoms with Crippen molar-refractivity contribution < 1.29 is 38.2 Å². The molecular weight excluding hydrogens is 344 g/mol. The summed E-state index contributed by atoms with van der Waals surface area (Å²) in [4.78, 5) is 65.5. The fraction of sp³-hybridized carbons (Fsp3) is 0.667. The molecule has 0 N–H and O–H groups in total. The molecule has 0 aromatic heterocycles. The highest BCUT2D eigenvalue weighted by Crippen LogP contribution is 2.04. The average Bonchev–Trinajstić information content (AvgIpc) is 2.53. The van der Waals surface area contributed by atoms with Gasteiger partial charge >= 0.3 is 11.9 Å². The van der Waals surface area contributed by atoms with Gasteiger partial charge in [-0.3, -0.25) is 28.8 Å². The number of Topliss-reactive ketones (excluding diaryl/α,β-unsaturated/α-hetero) is 4. The minimum Gasteiger partial charge on any atom is -0.465 e. The van der Waals surface area contributed by atoms with E-state index in [2.05, 4.69) is 9.47 Å². The Morgan fingerprint density at radius 3 is 1.12 bits per heavy atom. The third-order valence-electron chi connectivity index (χ3n) is 3.09. The molecular formula is C18H28O8. The van der Waals surface area contributed by atoms with E-state index in [-0.39, 0.29) is 49.2 Å². The molecule has 0 spiro atoms. The molecule has 0 aliphatic carbocycles. The number of ether oxygens (including phenoxy) is 2. The van der Waals surface area contributed by atoms with Crippen molar-refractivity contribution in [1.82, 2.24) is 0 Å². The summed E-state index contributed by atoms with van der Waals surface area (Å²) < 4.78 is 9.27. The molecule has 8 nitrogen and oxygen atoms in total. The zero-order valence-corrected chi connectivity index (χ0v) is 16.2. The van der Waals surface area contributed by atoms with Crippen molar-refractivity contribution in [1.29, 1.82) is 0 Å². The molecule has 0 bridgehead atoms. The van der Waals surface area contributed by atoms with E-state index >= 15 is 0 Å². The first kappa shape index (κ1) is 25.9. The fourth-order valence-electron chi connectivity index (χ4n) is 1.59. The van der Waals surface area contributed by atoms with Gasteiger partial charge in [0.15, 0.2) is 11.6 Å². The molecule has 26 heavy (non-hydrogen) atoms. The van der Waals surface area contributed by atoms with Gasteiger partial charge in [0.1, 0.15) is 23.4 Å². The molecule has 8 heteroatoms. The zero-order valence-electron chi connectivity index (χ0n) is 16.2. The Balaban J connectivity index is 0. The van der Waals surface area contributed by atoms with Crippen molar-refractivity contribution in [3.05, 3.63) is 0 Å². The SMILES string of the molecule is CCOC(=O)C(C)C(=O)CC(C)=O.CCOC(=O)C(C)C(=O)CC(C)=O. The lowest BCUT2D eigenvalue weighted by molar-refractivity contribution is -0.152. The highest BCUT2D eigenvalue weighted by atomic mass is 16.5. The number of rotatable bonds is 10. The zero-order chi connectivity index (χ0) is 20.9. The van der Waals surface area contributed by atoms with Crippen molar-refractivity contribution in [2.24, 2.45) is 11.8 Å². The second kappa shape index (κ2) is 13.9. The van der Waals surface area contributed by atoms with Gasteiger partial charge in [-0.05, 0) is 41.5 Å². The molecule has 0 aromatic rings. The predicted octanol–water partition coefficient (Wildman–Crippen LogP) is 1.47. The summed E-state index contributed by atoms with van der Waals surface area (Å²) in [6.07, 6.45) is -0.389. The number of hydrogen-bond donors (Lipinski definition) is 0. The third kappa shape index (κ3) is 12.0. The minimum absolute atomic E-state index is 0.194. The Hall–Kier alpha value is -2.38. The fourth-order valence-corrected chi connectivity index (χ4v) is 1.59. The number of hydrogen-bond acceptors (Lipinski definition) is 8. The Morgan fingerprint density at radius 1 is 0.654 bits per heavy atom. The quantitative estimate of drug-likeness (QED) is 0.417. The van der Waals surface area contributed by atoms with Crippen LogP contribution < -0.4 is 0 Å². The van der Waals surface area contributed by atoms with Crippen LogP contribution in [0, 0.1) is 11.8 Å². The van der Waals surface area contributed by atoms with E-state index in [0.29, 0.717) is 0 Å². The van der Waals surface area contributed by atoms with E-state index in [1.54, 1.807) is 13.8 Å². The van der Waals surface area contributed by atoms with Gasteiger partial charge in [-0.15, -0.1) is 0 Å². The van der Waals surface area contributed by atoms with Crippen molar-refractivity contribution >= 4 is 35.1 Å². The third-order valence-corrected chi connectivity index (χ3v) is 3.09. The van der Waals surface area contributed by atoms with Crippen molar-refractivity contribution in [2.45, 2.75) is 54.4 Å². The average molecular weight is 372 g/mol. The van der Waals surface area contributed by atoms with E-state index in [9.17, 15) is 28.8 Å². The summed E-state index contributed by atoms with van der Waals surface area (Å²) in [6.45, 7) is 9.35. The van der Waals surface area contributed by atoms with Crippen molar-refractivity contribution in [3.8, 4) is 0 Å². The molecule has 0 radical (unpaired) electrons. The lowest BCUT2D eigenvalue weighted by Gasteiger charge is -2.07. The first-order chi connectivity index (χ1) is 12.0. The van der Waals surface area contributed by atoms with Gasteiger partial charge in [-0.2, -0.15) is 0 Å². The molecule has 0 fully saturated rings. The normalized spacial score (nSPS) is 11.9. The van der Waals surface area contributed by atoms with Gasteiger partial charge in [0.25, 0.3) is 0 Å². The summed E-state index contributed by atoms with van der Waals surface area (Å²) in [5, 5.41) is 0. The Bertz CT molecular complexity index is 487. The lowest BCUT2D eigenvalue weighted by Crippen LogP contribution is -2.24. The molecule has 0 amide bonds. The maximum atomic E-state index is 11.1. The standard InChI is InChI=1S/2C9H14O4/c2*1-4-13-9(12)7(3)8(11)5-6(2)10/h2*7H,4-5H2,1-3H3. The predicted molar refractivity (Wildman–Crippen MR) is 92.2 cm³/mol. The molecule has 0 saturated carbocycles. The number of esters is 2. The van der Waals surface area contributed by atoms with E-state index in [0.717, 1.165) is 0 Å². The van der Waals surface area contributed by atoms with Crippen LogP contribution in [0.15, 0.2) is 0 Å². The molecule has 0 aliphatic rings. The number of carbonyl (C=O) groups excluding carboxylic acids is 6. The molecule has 0 aromatic carbocycles. The maximum Gasteiger partial charge on any atom is 0.316 e. The van der Waals surface area contributed by atoms with Crippen LogP contribution in [0.5, 0.6) is 0 Å². The molecule has 0 aliphatic heterocycles. The van der Waals surface area contributed by atoms with Gasteiger partial charge < -0.3 is 9.47 Å². The molecule has 2 unspecified atom stereocenters. The maximum absolute atomic E-state index is 11.1. The molecule has 2 atom stereocenters. The summed E-state index contributed by atoms with van der Waals surface area (Å²) in [6, 6.07) is 0. The van der Waals surface area contributed by atoms with E-state index < -0.39 is 23.8 Å². The Kier molecular flexibility index (Phi) is 13.8. The van der Waals surface area contributed by atoms with Crippen LogP contribution in [-0.2, 0) is 38.2 Å². The van der Waals surface area contributed by atoms with Crippen LogP contribution in [0.2, 0.25) is 0 Å². The van der Waals surface area contributed by atoms with Gasteiger partial charge in [0.05, 0.1) is 26.1 Å². The van der Waals surface area contributed by atoms with Crippen LogP contribution in [0.3, 0.4) is 0 Å². The minimum atomic E-state index is -0.830. The van der Waals surface area contributed by atoms with E-state index in [1.165, 1.54) is 27.7 Å². The first-order valence-corrected chi connectivity index (χ1v) is 8.35. The summed E-state index contributed by atoms with van der Waals surface area (Å²) in [7, 11) is 0. The summed E-state index contributed by atoms with van der Waals surface area (Å²) in [5.41, 5.74) is 0. The first-order valence-electron chi connectivity index (χ1n) is 8.35. The van der Waals surface area contributed by atoms with E-state index in [4.69, 9.17) is 0 Å². The van der Waals surface area contributed by atoms with Crippen molar-refractivity contribution in [3.63, 3.8) is 0 Å². The van der Waals surface area contributed by atoms with Crippen LogP contribution in [0.1, 0.15) is 54.4 Å². The summed E-state index contributed by atoms with van der Waals surface area (Å²) in [5.74, 6) is -4.02. The molecule has 148 valence electrons.